The molecule has 3 rings (SSSR count). The first-order valence-electron chi connectivity index (χ1n) is 6.30. The van der Waals surface area contributed by atoms with Crippen molar-refractivity contribution in [1.29, 1.82) is 0 Å². The Labute approximate surface area is 131 Å². The third-order valence-corrected chi connectivity index (χ3v) is 3.95. The van der Waals surface area contributed by atoms with Crippen LogP contribution in [0.15, 0.2) is 48.1 Å². The Morgan fingerprint density at radius 2 is 2.10 bits per heavy atom. The molecule has 0 aliphatic carbocycles. The highest BCUT2D eigenvalue weighted by Crippen LogP contribution is 2.25. The molecule has 0 aliphatic rings. The van der Waals surface area contributed by atoms with Gasteiger partial charge in [0.05, 0.1) is 16.4 Å². The number of halogens is 1. The molecule has 0 saturated carbocycles. The molecule has 1 aromatic carbocycles. The van der Waals surface area contributed by atoms with Gasteiger partial charge in [-0.25, -0.2) is 4.98 Å². The topological polar surface area (TPSA) is 46.9 Å². The molecule has 0 aliphatic heterocycles. The molecule has 0 unspecified atom stereocenters. The largest absolute Gasteiger partial charge is 0.322 e. The number of amides is 1. The third kappa shape index (κ3) is 2.99. The second-order valence-electron chi connectivity index (χ2n) is 4.46. The van der Waals surface area contributed by atoms with E-state index in [1.165, 1.54) is 11.3 Å². The molecular weight excluding hydrogens is 306 g/mol. The maximum Gasteiger partial charge on any atom is 0.275 e. The number of rotatable bonds is 3. The zero-order valence-electron chi connectivity index (χ0n) is 11.2. The number of nitrogens with zero attached hydrogens (tertiary/aromatic N) is 2. The second-order valence-corrected chi connectivity index (χ2v) is 5.96. The molecule has 1 N–H and O–H groups in total. The van der Waals surface area contributed by atoms with Crippen molar-refractivity contribution in [3.63, 3.8) is 0 Å². The van der Waals surface area contributed by atoms with Crippen LogP contribution < -0.4 is 5.32 Å². The summed E-state index contributed by atoms with van der Waals surface area (Å²) in [6.07, 6.45) is 3.79. The van der Waals surface area contributed by atoms with Gasteiger partial charge >= 0.3 is 0 Å². The van der Waals surface area contributed by atoms with Crippen LogP contribution >= 0.6 is 22.9 Å². The van der Waals surface area contributed by atoms with Crippen molar-refractivity contribution < 1.29 is 4.79 Å². The van der Waals surface area contributed by atoms with Gasteiger partial charge in [-0.05, 0) is 37.3 Å². The average Bonchev–Trinajstić information content (AvgIpc) is 3.11. The van der Waals surface area contributed by atoms with Gasteiger partial charge < -0.3 is 9.88 Å². The molecule has 2 aromatic heterocycles. The normalized spacial score (nSPS) is 10.6. The number of aryl methyl sites for hydroxylation is 1. The number of nitrogens with one attached hydrogen (secondary N) is 1. The third-order valence-electron chi connectivity index (χ3n) is 2.94. The summed E-state index contributed by atoms with van der Waals surface area (Å²) >= 11 is 7.50. The molecular formula is C15H12ClN3OS. The highest BCUT2D eigenvalue weighted by Gasteiger charge is 2.13. The fourth-order valence-corrected chi connectivity index (χ4v) is 2.73. The number of carbonyl (C=O) groups excluding carboxylic acids is 1. The van der Waals surface area contributed by atoms with Gasteiger partial charge in [-0.1, -0.05) is 11.6 Å². The summed E-state index contributed by atoms with van der Waals surface area (Å²) in [5.74, 6) is -0.227. The van der Waals surface area contributed by atoms with E-state index >= 15 is 0 Å². The number of benzene rings is 1. The number of aromatic nitrogens is 2. The molecule has 0 atom stereocenters. The molecule has 0 radical (unpaired) electrons. The number of hydrogen-bond donors (Lipinski definition) is 1. The maximum atomic E-state index is 12.2. The lowest BCUT2D eigenvalue weighted by Crippen LogP contribution is -2.14. The molecule has 0 spiro atoms. The Hall–Kier alpha value is -2.11. The molecule has 4 nitrogen and oxygen atoms in total. The van der Waals surface area contributed by atoms with E-state index in [0.29, 0.717) is 16.4 Å². The lowest BCUT2D eigenvalue weighted by molar-refractivity contribution is 0.102. The van der Waals surface area contributed by atoms with E-state index in [1.807, 2.05) is 42.1 Å². The summed E-state index contributed by atoms with van der Waals surface area (Å²) in [5.41, 5.74) is 1.92. The predicted octanol–water partition coefficient (Wildman–Crippen LogP) is 4.15. The minimum absolute atomic E-state index is 0.227. The Morgan fingerprint density at radius 3 is 2.76 bits per heavy atom. The van der Waals surface area contributed by atoms with Gasteiger partial charge in [0, 0.05) is 22.8 Å². The smallest absolute Gasteiger partial charge is 0.275 e. The highest BCUT2D eigenvalue weighted by atomic mass is 35.5. The molecule has 6 heteroatoms. The van der Waals surface area contributed by atoms with Crippen LogP contribution in [0.3, 0.4) is 0 Å². The van der Waals surface area contributed by atoms with Crippen molar-refractivity contribution in [2.45, 2.75) is 6.92 Å². The van der Waals surface area contributed by atoms with Gasteiger partial charge in [0.15, 0.2) is 0 Å². The number of thiazole rings is 1. The van der Waals surface area contributed by atoms with Crippen LogP contribution in [0.2, 0.25) is 5.02 Å². The van der Waals surface area contributed by atoms with Crippen molar-refractivity contribution in [2.75, 3.05) is 5.32 Å². The summed E-state index contributed by atoms with van der Waals surface area (Å²) in [6, 6.07) is 9.17. The van der Waals surface area contributed by atoms with Crippen molar-refractivity contribution in [2.24, 2.45) is 0 Å². The summed E-state index contributed by atoms with van der Waals surface area (Å²) in [7, 11) is 0. The number of carbonyl (C=O) groups is 1. The Kier molecular flexibility index (Phi) is 3.77. The van der Waals surface area contributed by atoms with Crippen molar-refractivity contribution >= 4 is 34.5 Å². The van der Waals surface area contributed by atoms with Gasteiger partial charge in [-0.3, -0.25) is 4.79 Å². The molecule has 21 heavy (non-hydrogen) atoms. The van der Waals surface area contributed by atoms with Gasteiger partial charge in [-0.2, -0.15) is 0 Å². The van der Waals surface area contributed by atoms with Gasteiger partial charge in [0.2, 0.25) is 0 Å². The van der Waals surface area contributed by atoms with E-state index in [2.05, 4.69) is 10.3 Å². The van der Waals surface area contributed by atoms with Gasteiger partial charge in [0.1, 0.15) is 5.69 Å². The molecule has 2 heterocycles. The minimum atomic E-state index is -0.227. The fourth-order valence-electron chi connectivity index (χ4n) is 1.97. The summed E-state index contributed by atoms with van der Waals surface area (Å²) in [5, 5.41) is 6.10. The molecule has 0 fully saturated rings. The van der Waals surface area contributed by atoms with E-state index in [4.69, 9.17) is 11.6 Å². The van der Waals surface area contributed by atoms with Crippen molar-refractivity contribution in [1.82, 2.24) is 9.55 Å². The number of anilines is 1. The van der Waals surface area contributed by atoms with Crippen LogP contribution in [0.4, 0.5) is 5.69 Å². The predicted molar refractivity (Wildman–Crippen MR) is 85.6 cm³/mol. The first-order valence-corrected chi connectivity index (χ1v) is 7.55. The van der Waals surface area contributed by atoms with Crippen LogP contribution in [-0.4, -0.2) is 15.5 Å². The van der Waals surface area contributed by atoms with Gasteiger partial charge in [-0.15, -0.1) is 11.3 Å². The molecule has 0 bridgehead atoms. The SMILES string of the molecule is Cc1nc(C(=O)Nc2ccc(Cl)cc2-n2cccc2)cs1. The standard InChI is InChI=1S/C15H12ClN3OS/c1-10-17-13(9-21-10)15(20)18-12-5-4-11(16)8-14(12)19-6-2-3-7-19/h2-9H,1H3,(H,18,20). The van der Waals surface area contributed by atoms with Crippen LogP contribution in [0, 0.1) is 6.92 Å². The molecule has 1 amide bonds. The highest BCUT2D eigenvalue weighted by molar-refractivity contribution is 7.09. The summed E-state index contributed by atoms with van der Waals surface area (Å²) in [6.45, 7) is 1.87. The lowest BCUT2D eigenvalue weighted by Gasteiger charge is -2.12. The summed E-state index contributed by atoms with van der Waals surface area (Å²) < 4.78 is 1.90. The maximum absolute atomic E-state index is 12.2. The zero-order valence-corrected chi connectivity index (χ0v) is 12.8. The average molecular weight is 318 g/mol. The molecule has 0 saturated heterocycles. The Bertz CT molecular complexity index is 780. The van der Waals surface area contributed by atoms with Crippen LogP contribution in [0.25, 0.3) is 5.69 Å². The molecule has 3 aromatic rings. The monoisotopic (exact) mass is 317 g/mol. The van der Waals surface area contributed by atoms with E-state index in [1.54, 1.807) is 17.5 Å². The van der Waals surface area contributed by atoms with Crippen molar-refractivity contribution in [3.8, 4) is 5.69 Å². The van der Waals surface area contributed by atoms with E-state index in [-0.39, 0.29) is 5.91 Å². The van der Waals surface area contributed by atoms with Crippen LogP contribution in [0.1, 0.15) is 15.5 Å². The van der Waals surface area contributed by atoms with Crippen LogP contribution in [-0.2, 0) is 0 Å². The van der Waals surface area contributed by atoms with Gasteiger partial charge in [0.25, 0.3) is 5.91 Å². The lowest BCUT2D eigenvalue weighted by atomic mass is 10.2. The van der Waals surface area contributed by atoms with Crippen LogP contribution in [0.5, 0.6) is 0 Å². The first-order chi connectivity index (χ1) is 10.1. The van der Waals surface area contributed by atoms with E-state index < -0.39 is 0 Å². The fraction of sp³-hybridized carbons (Fsp3) is 0.0667. The van der Waals surface area contributed by atoms with E-state index in [0.717, 1.165) is 10.7 Å². The first kappa shape index (κ1) is 13.9. The summed E-state index contributed by atoms with van der Waals surface area (Å²) in [4.78, 5) is 16.4. The Balaban J connectivity index is 1.94. The molecule has 106 valence electrons. The number of hydrogen-bond acceptors (Lipinski definition) is 3. The zero-order chi connectivity index (χ0) is 14.8. The Morgan fingerprint density at radius 1 is 1.33 bits per heavy atom. The minimum Gasteiger partial charge on any atom is -0.322 e. The van der Waals surface area contributed by atoms with Crippen molar-refractivity contribution in [3.05, 3.63) is 63.8 Å². The second kappa shape index (κ2) is 5.71. The van der Waals surface area contributed by atoms with E-state index in [9.17, 15) is 4.79 Å². The quantitative estimate of drug-likeness (QED) is 0.789.